The van der Waals surface area contributed by atoms with Gasteiger partial charge in [-0.15, -0.1) is 0 Å². The summed E-state index contributed by atoms with van der Waals surface area (Å²) in [7, 11) is 0. The van der Waals surface area contributed by atoms with Gasteiger partial charge in [0.25, 0.3) is 0 Å². The maximum atomic E-state index is 12.1. The second-order valence-corrected chi connectivity index (χ2v) is 5.14. The Morgan fingerprint density at radius 2 is 2.11 bits per heavy atom. The first kappa shape index (κ1) is 16.0. The zero-order valence-electron chi connectivity index (χ0n) is 12.0. The van der Waals surface area contributed by atoms with Crippen LogP contribution in [0, 0.1) is 0 Å². The number of nitrogens with one attached hydrogen (secondary N) is 1. The molecule has 110 valence electrons. The largest absolute Gasteiger partial charge is 0.354 e. The van der Waals surface area contributed by atoms with Crippen molar-refractivity contribution in [3.63, 3.8) is 0 Å². The first-order valence-electron chi connectivity index (χ1n) is 7.48. The third-order valence-corrected chi connectivity index (χ3v) is 3.55. The quantitative estimate of drug-likeness (QED) is 0.646. The molecule has 1 rings (SSSR count). The van der Waals surface area contributed by atoms with E-state index < -0.39 is 0 Å². The van der Waals surface area contributed by atoms with Crippen LogP contribution in [0.15, 0.2) is 0 Å². The molecule has 0 aliphatic carbocycles. The SMILES string of the molecule is CCCCCC(=O)N1CCCC1C(=O)NCCCN. The Morgan fingerprint density at radius 3 is 2.79 bits per heavy atom. The van der Waals surface area contributed by atoms with Crippen molar-refractivity contribution in [1.29, 1.82) is 0 Å². The average Bonchev–Trinajstić information content (AvgIpc) is 2.88. The highest BCUT2D eigenvalue weighted by molar-refractivity contribution is 5.88. The molecule has 0 saturated carbocycles. The van der Waals surface area contributed by atoms with Gasteiger partial charge in [0.1, 0.15) is 6.04 Å². The molecular formula is C14H27N3O2. The van der Waals surface area contributed by atoms with Crippen LogP contribution in [0.3, 0.4) is 0 Å². The number of hydrogen-bond acceptors (Lipinski definition) is 3. The fourth-order valence-corrected chi connectivity index (χ4v) is 2.44. The first-order chi connectivity index (χ1) is 9.20. The molecule has 0 aromatic carbocycles. The van der Waals surface area contributed by atoms with Gasteiger partial charge in [0.15, 0.2) is 0 Å². The van der Waals surface area contributed by atoms with Crippen molar-refractivity contribution in [2.24, 2.45) is 5.73 Å². The van der Waals surface area contributed by atoms with E-state index in [2.05, 4.69) is 12.2 Å². The summed E-state index contributed by atoms with van der Waals surface area (Å²) in [6.45, 7) is 4.02. The predicted octanol–water partition coefficient (Wildman–Crippen LogP) is 1.02. The van der Waals surface area contributed by atoms with E-state index in [0.29, 0.717) is 19.5 Å². The van der Waals surface area contributed by atoms with Crippen molar-refractivity contribution in [3.8, 4) is 0 Å². The molecule has 5 nitrogen and oxygen atoms in total. The number of rotatable bonds is 8. The smallest absolute Gasteiger partial charge is 0.242 e. The minimum absolute atomic E-state index is 0.0187. The zero-order valence-corrected chi connectivity index (χ0v) is 12.0. The molecule has 1 atom stereocenters. The van der Waals surface area contributed by atoms with Crippen molar-refractivity contribution in [2.75, 3.05) is 19.6 Å². The fourth-order valence-electron chi connectivity index (χ4n) is 2.44. The number of unbranched alkanes of at least 4 members (excludes halogenated alkanes) is 2. The van der Waals surface area contributed by atoms with Crippen LogP contribution in [0.4, 0.5) is 0 Å². The van der Waals surface area contributed by atoms with Crippen LogP contribution in [0.1, 0.15) is 51.9 Å². The van der Waals surface area contributed by atoms with Gasteiger partial charge < -0.3 is 16.0 Å². The third kappa shape index (κ3) is 5.19. The van der Waals surface area contributed by atoms with Gasteiger partial charge >= 0.3 is 0 Å². The van der Waals surface area contributed by atoms with Gasteiger partial charge in [0.05, 0.1) is 0 Å². The van der Waals surface area contributed by atoms with E-state index in [1.165, 1.54) is 0 Å². The average molecular weight is 269 g/mol. The molecule has 0 spiro atoms. The molecule has 0 bridgehead atoms. The second kappa shape index (κ2) is 8.91. The number of likely N-dealkylation sites (tertiary alicyclic amines) is 1. The van der Waals surface area contributed by atoms with Crippen molar-refractivity contribution in [3.05, 3.63) is 0 Å². The molecule has 1 aliphatic heterocycles. The number of carbonyl (C=O) groups is 2. The topological polar surface area (TPSA) is 75.4 Å². The molecule has 1 saturated heterocycles. The van der Waals surface area contributed by atoms with E-state index in [-0.39, 0.29) is 17.9 Å². The molecule has 19 heavy (non-hydrogen) atoms. The van der Waals surface area contributed by atoms with Crippen LogP contribution in [0.2, 0.25) is 0 Å². The maximum Gasteiger partial charge on any atom is 0.242 e. The summed E-state index contributed by atoms with van der Waals surface area (Å²) in [5.41, 5.74) is 5.40. The monoisotopic (exact) mass is 269 g/mol. The van der Waals surface area contributed by atoms with Gasteiger partial charge in [-0.25, -0.2) is 0 Å². The van der Waals surface area contributed by atoms with E-state index in [1.54, 1.807) is 4.90 Å². The highest BCUT2D eigenvalue weighted by Crippen LogP contribution is 2.19. The lowest BCUT2D eigenvalue weighted by Crippen LogP contribution is -2.46. The van der Waals surface area contributed by atoms with Gasteiger partial charge in [-0.3, -0.25) is 9.59 Å². The van der Waals surface area contributed by atoms with Crippen LogP contribution >= 0.6 is 0 Å². The van der Waals surface area contributed by atoms with Crippen LogP contribution in [-0.2, 0) is 9.59 Å². The number of nitrogens with two attached hydrogens (primary N) is 1. The Balaban J connectivity index is 2.39. The van der Waals surface area contributed by atoms with Gasteiger partial charge in [-0.05, 0) is 32.2 Å². The molecule has 0 aromatic rings. The lowest BCUT2D eigenvalue weighted by Gasteiger charge is -2.24. The Labute approximate surface area is 115 Å². The second-order valence-electron chi connectivity index (χ2n) is 5.14. The molecule has 5 heteroatoms. The Bertz CT molecular complexity index is 266. The summed E-state index contributed by atoms with van der Waals surface area (Å²) in [6.07, 6.45) is 6.17. The minimum atomic E-state index is -0.257. The van der Waals surface area contributed by atoms with Crippen molar-refractivity contribution >= 4 is 11.8 Å². The van der Waals surface area contributed by atoms with Crippen LogP contribution in [0.25, 0.3) is 0 Å². The predicted molar refractivity (Wildman–Crippen MR) is 75.6 cm³/mol. The normalized spacial score (nSPS) is 18.6. The maximum absolute atomic E-state index is 12.1. The van der Waals surface area contributed by atoms with E-state index in [0.717, 1.165) is 45.1 Å². The Morgan fingerprint density at radius 1 is 1.32 bits per heavy atom. The van der Waals surface area contributed by atoms with Gasteiger partial charge in [0.2, 0.25) is 11.8 Å². The fraction of sp³-hybridized carbons (Fsp3) is 0.857. The highest BCUT2D eigenvalue weighted by Gasteiger charge is 2.33. The minimum Gasteiger partial charge on any atom is -0.354 e. The Hall–Kier alpha value is -1.10. The standard InChI is InChI=1S/C14H27N3O2/c1-2-3-4-8-13(18)17-11-5-7-12(17)14(19)16-10-6-9-15/h12H,2-11,15H2,1H3,(H,16,19). The third-order valence-electron chi connectivity index (χ3n) is 3.55. The molecule has 1 fully saturated rings. The van der Waals surface area contributed by atoms with E-state index in [4.69, 9.17) is 5.73 Å². The van der Waals surface area contributed by atoms with Crippen molar-refractivity contribution in [2.45, 2.75) is 57.9 Å². The summed E-state index contributed by atoms with van der Waals surface area (Å²) < 4.78 is 0. The van der Waals surface area contributed by atoms with Crippen LogP contribution in [-0.4, -0.2) is 42.4 Å². The van der Waals surface area contributed by atoms with Crippen LogP contribution < -0.4 is 11.1 Å². The number of hydrogen-bond donors (Lipinski definition) is 2. The molecule has 0 aromatic heterocycles. The van der Waals surface area contributed by atoms with Gasteiger partial charge in [0, 0.05) is 19.5 Å². The van der Waals surface area contributed by atoms with Crippen molar-refractivity contribution in [1.82, 2.24) is 10.2 Å². The van der Waals surface area contributed by atoms with E-state index in [1.807, 2.05) is 0 Å². The summed E-state index contributed by atoms with van der Waals surface area (Å²) in [6, 6.07) is -0.257. The molecule has 3 N–H and O–H groups in total. The number of nitrogens with zero attached hydrogens (tertiary/aromatic N) is 1. The van der Waals surface area contributed by atoms with Crippen LogP contribution in [0.5, 0.6) is 0 Å². The molecule has 2 amide bonds. The number of carbonyl (C=O) groups excluding carboxylic acids is 2. The van der Waals surface area contributed by atoms with E-state index in [9.17, 15) is 9.59 Å². The first-order valence-corrected chi connectivity index (χ1v) is 7.48. The lowest BCUT2D eigenvalue weighted by atomic mass is 10.1. The summed E-state index contributed by atoms with van der Waals surface area (Å²) in [5, 5.41) is 2.86. The summed E-state index contributed by atoms with van der Waals surface area (Å²) in [5.74, 6) is 0.111. The highest BCUT2D eigenvalue weighted by atomic mass is 16.2. The lowest BCUT2D eigenvalue weighted by molar-refractivity contribution is -0.138. The Kier molecular flexibility index (Phi) is 7.48. The van der Waals surface area contributed by atoms with Gasteiger partial charge in [-0.2, -0.15) is 0 Å². The zero-order chi connectivity index (χ0) is 14.1. The molecule has 1 heterocycles. The molecule has 0 radical (unpaired) electrons. The van der Waals surface area contributed by atoms with Gasteiger partial charge in [-0.1, -0.05) is 19.8 Å². The summed E-state index contributed by atoms with van der Waals surface area (Å²) in [4.78, 5) is 25.9. The van der Waals surface area contributed by atoms with Crippen molar-refractivity contribution < 1.29 is 9.59 Å². The molecular weight excluding hydrogens is 242 g/mol. The molecule has 1 unspecified atom stereocenters. The summed E-state index contributed by atoms with van der Waals surface area (Å²) >= 11 is 0. The van der Waals surface area contributed by atoms with E-state index >= 15 is 0 Å². The number of amides is 2. The molecule has 1 aliphatic rings.